The number of carbonyl (C=O) groups excluding carboxylic acids is 1. The molecule has 40 heavy (non-hydrogen) atoms. The van der Waals surface area contributed by atoms with Crippen molar-refractivity contribution < 1.29 is 30.0 Å². The summed E-state index contributed by atoms with van der Waals surface area (Å²) in [5.74, 6) is 0.252. The molecule has 9 nitrogen and oxygen atoms in total. The van der Waals surface area contributed by atoms with E-state index < -0.39 is 35.8 Å². The number of hydrogen-bond acceptors (Lipinski definition) is 7. The van der Waals surface area contributed by atoms with E-state index in [0.717, 1.165) is 11.1 Å². The molecule has 11 heteroatoms. The van der Waals surface area contributed by atoms with Crippen molar-refractivity contribution in [2.24, 2.45) is 0 Å². The van der Waals surface area contributed by atoms with Gasteiger partial charge in [0.15, 0.2) is 0 Å². The van der Waals surface area contributed by atoms with Crippen molar-refractivity contribution in [3.05, 3.63) is 96.1 Å². The molecule has 2 unspecified atom stereocenters. The van der Waals surface area contributed by atoms with E-state index >= 15 is 0 Å². The topological polar surface area (TPSA) is 128 Å². The summed E-state index contributed by atoms with van der Waals surface area (Å²) in [5.41, 5.74) is 2.81. The van der Waals surface area contributed by atoms with E-state index in [1.165, 1.54) is 48.5 Å². The van der Waals surface area contributed by atoms with Gasteiger partial charge >= 0.3 is 26.3 Å². The third-order valence-electron chi connectivity index (χ3n) is 6.83. The quantitative estimate of drug-likeness (QED) is 0.360. The first-order valence-corrected chi connectivity index (χ1v) is 15.4. The molecule has 2 aromatic rings. The fourth-order valence-corrected chi connectivity index (χ4v) is 6.06. The van der Waals surface area contributed by atoms with Crippen LogP contribution in [0.1, 0.15) is 40.5 Å². The molecule has 2 aliphatic rings. The van der Waals surface area contributed by atoms with Gasteiger partial charge in [-0.25, -0.2) is 4.79 Å². The molecule has 212 valence electrons. The van der Waals surface area contributed by atoms with Crippen LogP contribution in [0.3, 0.4) is 0 Å². The van der Waals surface area contributed by atoms with Gasteiger partial charge in [-0.05, 0) is 89.1 Å². The standard InChI is InChI=1S/C29H32N2O7S2/c1-21-13-17-28(3,18-14-21)39(33,34)37-25-9-5-23(6-10-25)30-27(32)31-24-7-11-26(12-8-24)38-40(35,36)29(4)19-15-22(2)16-20-29/h5-17,19H,18,20H2,1-4H3,(H2,30,31,32). The first kappa shape index (κ1) is 29.2. The number of nitrogens with one attached hydrogen (secondary N) is 2. The minimum absolute atomic E-state index is 0.126. The Bertz CT molecular complexity index is 1500. The van der Waals surface area contributed by atoms with Crippen LogP contribution in [0.2, 0.25) is 0 Å². The number of rotatable bonds is 8. The van der Waals surface area contributed by atoms with Crippen LogP contribution in [0.5, 0.6) is 11.5 Å². The number of anilines is 2. The van der Waals surface area contributed by atoms with Crippen LogP contribution < -0.4 is 19.0 Å². The molecule has 0 heterocycles. The van der Waals surface area contributed by atoms with Gasteiger partial charge in [0.25, 0.3) is 0 Å². The molecule has 0 bridgehead atoms. The normalized spacial score (nSPS) is 22.6. The lowest BCUT2D eigenvalue weighted by Crippen LogP contribution is -2.37. The third-order valence-corrected chi connectivity index (χ3v) is 10.5. The minimum Gasteiger partial charge on any atom is -0.382 e. The number of allylic oxidation sites excluding steroid dienone is 6. The van der Waals surface area contributed by atoms with Gasteiger partial charge in [0.05, 0.1) is 0 Å². The summed E-state index contributed by atoms with van der Waals surface area (Å²) >= 11 is 0. The van der Waals surface area contributed by atoms with Crippen LogP contribution >= 0.6 is 0 Å². The Hall–Kier alpha value is -3.83. The van der Waals surface area contributed by atoms with E-state index in [4.69, 9.17) is 8.37 Å². The van der Waals surface area contributed by atoms with Crippen LogP contribution in [-0.4, -0.2) is 32.4 Å². The van der Waals surface area contributed by atoms with Crippen molar-refractivity contribution >= 4 is 37.6 Å². The monoisotopic (exact) mass is 584 g/mol. The molecule has 0 aliphatic heterocycles. The Labute approximate surface area is 235 Å². The number of urea groups is 1. The summed E-state index contributed by atoms with van der Waals surface area (Å²) in [6, 6.07) is 11.3. The SMILES string of the molecule is CC1=CCC(C)(S(=O)(=O)Oc2ccc(NC(=O)Nc3ccc(OS(=O)(=O)C4(C)C=CC(C)=CC4)cc3)cc2)C=C1. The highest BCUT2D eigenvalue weighted by Crippen LogP contribution is 2.33. The van der Waals surface area contributed by atoms with Crippen molar-refractivity contribution in [2.75, 3.05) is 10.6 Å². The lowest BCUT2D eigenvalue weighted by Gasteiger charge is -2.26. The molecular weight excluding hydrogens is 552 g/mol. The minimum atomic E-state index is -3.95. The van der Waals surface area contributed by atoms with E-state index in [0.29, 0.717) is 24.2 Å². The van der Waals surface area contributed by atoms with Gasteiger partial charge in [-0.2, -0.15) is 16.8 Å². The van der Waals surface area contributed by atoms with E-state index in [1.807, 2.05) is 26.0 Å². The van der Waals surface area contributed by atoms with Crippen molar-refractivity contribution in [2.45, 2.75) is 50.0 Å². The summed E-state index contributed by atoms with van der Waals surface area (Å²) in [4.78, 5) is 12.5. The lowest BCUT2D eigenvalue weighted by atomic mass is 9.98. The fourth-order valence-electron chi connectivity index (χ4n) is 3.91. The molecule has 0 spiro atoms. The summed E-state index contributed by atoms with van der Waals surface area (Å²) in [6.45, 7) is 7.01. The van der Waals surface area contributed by atoms with Crippen LogP contribution in [-0.2, 0) is 20.2 Å². The second kappa shape index (κ2) is 11.0. The zero-order valence-corrected chi connectivity index (χ0v) is 24.3. The predicted octanol–water partition coefficient (Wildman–Crippen LogP) is 6.08. The molecule has 2 aliphatic carbocycles. The molecular formula is C29H32N2O7S2. The lowest BCUT2D eigenvalue weighted by molar-refractivity contribution is 0.262. The Morgan fingerprint density at radius 1 is 0.675 bits per heavy atom. The Kier molecular flexibility index (Phi) is 8.00. The second-order valence-electron chi connectivity index (χ2n) is 10.3. The molecule has 0 aromatic heterocycles. The molecule has 2 N–H and O–H groups in total. The van der Waals surface area contributed by atoms with E-state index in [1.54, 1.807) is 38.2 Å². The molecule has 2 amide bonds. The predicted molar refractivity (Wildman–Crippen MR) is 156 cm³/mol. The molecule has 0 radical (unpaired) electrons. The van der Waals surface area contributed by atoms with Crippen molar-refractivity contribution in [3.63, 3.8) is 0 Å². The smallest absolute Gasteiger partial charge is 0.323 e. The largest absolute Gasteiger partial charge is 0.382 e. The van der Waals surface area contributed by atoms with Gasteiger partial charge in [0.2, 0.25) is 0 Å². The maximum Gasteiger partial charge on any atom is 0.323 e. The Morgan fingerprint density at radius 2 is 1.02 bits per heavy atom. The average molecular weight is 585 g/mol. The van der Waals surface area contributed by atoms with Crippen LogP contribution in [0.25, 0.3) is 0 Å². The van der Waals surface area contributed by atoms with Crippen LogP contribution in [0.15, 0.2) is 96.1 Å². The maximum absolute atomic E-state index is 12.8. The fraction of sp³-hybridized carbons (Fsp3) is 0.276. The molecule has 2 aromatic carbocycles. The van der Waals surface area contributed by atoms with Gasteiger partial charge < -0.3 is 19.0 Å². The van der Waals surface area contributed by atoms with Gasteiger partial charge in [0.1, 0.15) is 21.0 Å². The Balaban J connectivity index is 1.32. The number of hydrogen-bond donors (Lipinski definition) is 2. The third kappa shape index (κ3) is 6.48. The highest BCUT2D eigenvalue weighted by Gasteiger charge is 2.40. The summed E-state index contributed by atoms with van der Waals surface area (Å²) in [6.07, 6.45) is 11.1. The van der Waals surface area contributed by atoms with Crippen molar-refractivity contribution in [3.8, 4) is 11.5 Å². The van der Waals surface area contributed by atoms with Crippen LogP contribution in [0, 0.1) is 0 Å². The average Bonchev–Trinajstić information content (AvgIpc) is 2.89. The first-order valence-electron chi connectivity index (χ1n) is 12.6. The second-order valence-corrected chi connectivity index (χ2v) is 14.3. The zero-order chi connectivity index (χ0) is 29.2. The van der Waals surface area contributed by atoms with Gasteiger partial charge in [0, 0.05) is 11.4 Å². The van der Waals surface area contributed by atoms with Gasteiger partial charge in [-0.1, -0.05) is 47.6 Å². The number of benzene rings is 2. The molecule has 2 atom stereocenters. The Morgan fingerprint density at radius 3 is 1.32 bits per heavy atom. The molecule has 4 rings (SSSR count). The first-order chi connectivity index (χ1) is 18.7. The maximum atomic E-state index is 12.8. The van der Waals surface area contributed by atoms with Crippen molar-refractivity contribution in [1.82, 2.24) is 0 Å². The van der Waals surface area contributed by atoms with Gasteiger partial charge in [-0.15, -0.1) is 0 Å². The molecule has 0 saturated carbocycles. The van der Waals surface area contributed by atoms with Crippen molar-refractivity contribution in [1.29, 1.82) is 0 Å². The molecule has 0 saturated heterocycles. The van der Waals surface area contributed by atoms with E-state index in [2.05, 4.69) is 10.6 Å². The highest BCUT2D eigenvalue weighted by molar-refractivity contribution is 7.89. The summed E-state index contributed by atoms with van der Waals surface area (Å²) in [7, 11) is -7.90. The number of amides is 2. The number of carbonyl (C=O) groups is 1. The summed E-state index contributed by atoms with van der Waals surface area (Å²) < 4.78 is 59.6. The highest BCUT2D eigenvalue weighted by atomic mass is 32.2. The van der Waals surface area contributed by atoms with Gasteiger partial charge in [-0.3, -0.25) is 0 Å². The van der Waals surface area contributed by atoms with E-state index in [9.17, 15) is 21.6 Å². The van der Waals surface area contributed by atoms with E-state index in [-0.39, 0.29) is 11.5 Å². The van der Waals surface area contributed by atoms with Crippen LogP contribution in [0.4, 0.5) is 16.2 Å². The molecule has 0 fully saturated rings. The summed E-state index contributed by atoms with van der Waals surface area (Å²) in [5, 5.41) is 5.29. The zero-order valence-electron chi connectivity index (χ0n) is 22.7.